The van der Waals surface area contributed by atoms with Gasteiger partial charge in [-0.3, -0.25) is 14.9 Å². The number of alkyl halides is 3. The van der Waals surface area contributed by atoms with Crippen molar-refractivity contribution in [2.75, 3.05) is 12.8 Å². The van der Waals surface area contributed by atoms with Gasteiger partial charge >= 0.3 is 6.18 Å². The summed E-state index contributed by atoms with van der Waals surface area (Å²) < 4.78 is 38.2. The highest BCUT2D eigenvalue weighted by atomic mass is 35.5. The molecular weight excluding hydrogens is 405 g/mol. The molecule has 10 heteroatoms. The zero-order valence-corrected chi connectivity index (χ0v) is 15.6. The van der Waals surface area contributed by atoms with Gasteiger partial charge in [0.15, 0.2) is 0 Å². The molecule has 5 nitrogen and oxygen atoms in total. The van der Waals surface area contributed by atoms with E-state index in [1.165, 1.54) is 4.90 Å². The second-order valence-corrected chi connectivity index (χ2v) is 7.06. The van der Waals surface area contributed by atoms with E-state index in [1.54, 1.807) is 31.3 Å². The van der Waals surface area contributed by atoms with Crippen LogP contribution in [0.25, 0.3) is 0 Å². The smallest absolute Gasteiger partial charge is 0.341 e. The van der Waals surface area contributed by atoms with Crippen LogP contribution in [0.15, 0.2) is 47.4 Å². The lowest BCUT2D eigenvalue weighted by Crippen LogP contribution is -2.27. The summed E-state index contributed by atoms with van der Waals surface area (Å²) in [6.45, 7) is 0.287. The molecule has 0 radical (unpaired) electrons. The van der Waals surface area contributed by atoms with Crippen molar-refractivity contribution < 1.29 is 22.9 Å². The monoisotopic (exact) mass is 418 g/mol. The molecule has 0 N–H and O–H groups in total. The molecule has 27 heavy (non-hydrogen) atoms. The van der Waals surface area contributed by atoms with Gasteiger partial charge in [-0.2, -0.15) is 13.2 Å². The summed E-state index contributed by atoms with van der Waals surface area (Å²) in [5.41, 5.74) is -0.980. The lowest BCUT2D eigenvalue weighted by molar-refractivity contribution is -0.388. The molecule has 2 aromatic carbocycles. The van der Waals surface area contributed by atoms with Crippen molar-refractivity contribution in [3.8, 4) is 0 Å². The molecule has 144 valence electrons. The Hall–Kier alpha value is -2.26. The maximum Gasteiger partial charge on any atom is 0.416 e. The van der Waals surface area contributed by atoms with E-state index in [-0.39, 0.29) is 23.1 Å². The summed E-state index contributed by atoms with van der Waals surface area (Å²) >= 11 is 6.71. The largest absolute Gasteiger partial charge is 0.416 e. The first kappa shape index (κ1) is 21.0. The number of hydrogen-bond donors (Lipinski definition) is 0. The highest BCUT2D eigenvalue weighted by Crippen LogP contribution is 2.36. The number of nitro groups is 1. The van der Waals surface area contributed by atoms with Gasteiger partial charge in [0.05, 0.1) is 21.1 Å². The molecule has 0 atom stereocenters. The molecule has 0 heterocycles. The average Bonchev–Trinajstić information content (AvgIpc) is 2.58. The summed E-state index contributed by atoms with van der Waals surface area (Å²) in [7, 11) is 1.56. The van der Waals surface area contributed by atoms with Crippen LogP contribution in [0, 0.1) is 10.1 Å². The normalized spacial score (nSPS) is 11.3. The second kappa shape index (κ2) is 8.62. The van der Waals surface area contributed by atoms with Crippen LogP contribution in [0.2, 0.25) is 5.02 Å². The van der Waals surface area contributed by atoms with Gasteiger partial charge in [-0.15, -0.1) is 11.8 Å². The minimum atomic E-state index is -4.68. The van der Waals surface area contributed by atoms with Crippen LogP contribution in [-0.2, 0) is 17.5 Å². The van der Waals surface area contributed by atoms with Crippen LogP contribution in [0.5, 0.6) is 0 Å². The van der Waals surface area contributed by atoms with Gasteiger partial charge in [0.1, 0.15) is 0 Å². The van der Waals surface area contributed by atoms with E-state index in [0.717, 1.165) is 29.5 Å². The fourth-order valence-electron chi connectivity index (χ4n) is 2.21. The SMILES string of the molecule is CN(Cc1cccc(Cl)c1)C(=O)CSc1ccc(C(F)(F)F)cc1[N+](=O)[O-]. The number of amides is 1. The van der Waals surface area contributed by atoms with E-state index in [0.29, 0.717) is 11.1 Å². The molecule has 0 aliphatic carbocycles. The lowest BCUT2D eigenvalue weighted by atomic mass is 10.2. The number of carbonyl (C=O) groups excluding carboxylic acids is 1. The molecule has 0 saturated carbocycles. The molecule has 0 aliphatic rings. The van der Waals surface area contributed by atoms with Crippen LogP contribution >= 0.6 is 23.4 Å². The maximum absolute atomic E-state index is 12.7. The Bertz CT molecular complexity index is 862. The average molecular weight is 419 g/mol. The van der Waals surface area contributed by atoms with Gasteiger partial charge in [0, 0.05) is 24.7 Å². The van der Waals surface area contributed by atoms with E-state index in [2.05, 4.69) is 0 Å². The van der Waals surface area contributed by atoms with Crippen molar-refractivity contribution in [1.29, 1.82) is 0 Å². The van der Waals surface area contributed by atoms with Crippen molar-refractivity contribution in [2.45, 2.75) is 17.6 Å². The van der Waals surface area contributed by atoms with Crippen molar-refractivity contribution >= 4 is 35.0 Å². The van der Waals surface area contributed by atoms with Gasteiger partial charge < -0.3 is 4.90 Å². The lowest BCUT2D eigenvalue weighted by Gasteiger charge is -2.17. The Labute approximate surface area is 162 Å². The molecule has 2 aromatic rings. The van der Waals surface area contributed by atoms with E-state index >= 15 is 0 Å². The molecule has 0 aromatic heterocycles. The number of halogens is 4. The third kappa shape index (κ3) is 5.86. The molecule has 0 bridgehead atoms. The summed E-state index contributed by atoms with van der Waals surface area (Å²) in [5, 5.41) is 11.6. The quantitative estimate of drug-likeness (QED) is 0.375. The van der Waals surface area contributed by atoms with E-state index in [4.69, 9.17) is 11.6 Å². The molecule has 2 rings (SSSR count). The van der Waals surface area contributed by atoms with Gasteiger partial charge in [-0.05, 0) is 29.8 Å². The Morgan fingerprint density at radius 1 is 1.26 bits per heavy atom. The molecular formula is C17H14ClF3N2O3S. The number of nitro benzene ring substituents is 1. The van der Waals surface area contributed by atoms with Crippen molar-refractivity contribution in [3.05, 3.63) is 68.7 Å². The first-order valence-electron chi connectivity index (χ1n) is 7.55. The van der Waals surface area contributed by atoms with Crippen molar-refractivity contribution in [2.24, 2.45) is 0 Å². The van der Waals surface area contributed by atoms with Crippen molar-refractivity contribution in [1.82, 2.24) is 4.90 Å². The van der Waals surface area contributed by atoms with Crippen LogP contribution in [0.4, 0.5) is 18.9 Å². The number of nitrogens with zero attached hydrogens (tertiary/aromatic N) is 2. The zero-order valence-electron chi connectivity index (χ0n) is 14.0. The highest BCUT2D eigenvalue weighted by Gasteiger charge is 2.33. The van der Waals surface area contributed by atoms with Crippen LogP contribution in [-0.4, -0.2) is 28.5 Å². The van der Waals surface area contributed by atoms with Crippen LogP contribution < -0.4 is 0 Å². The fourth-order valence-corrected chi connectivity index (χ4v) is 3.36. The predicted octanol–water partition coefficient (Wildman–Crippen LogP) is 5.02. The van der Waals surface area contributed by atoms with Gasteiger partial charge in [0.25, 0.3) is 5.69 Å². The van der Waals surface area contributed by atoms with Gasteiger partial charge in [0.2, 0.25) is 5.91 Å². The van der Waals surface area contributed by atoms with Crippen LogP contribution in [0.3, 0.4) is 0 Å². The third-order valence-corrected chi connectivity index (χ3v) is 4.85. The second-order valence-electron chi connectivity index (χ2n) is 5.61. The first-order chi connectivity index (χ1) is 12.6. The number of hydrogen-bond acceptors (Lipinski definition) is 4. The predicted molar refractivity (Wildman–Crippen MR) is 96.7 cm³/mol. The summed E-state index contributed by atoms with van der Waals surface area (Å²) in [6.07, 6.45) is -4.68. The van der Waals surface area contributed by atoms with E-state index < -0.39 is 22.4 Å². The standard InChI is InChI=1S/C17H14ClF3N2O3S/c1-22(9-11-3-2-4-13(18)7-11)16(24)10-27-15-6-5-12(17(19,20)21)8-14(15)23(25)26/h2-8H,9-10H2,1H3. The fraction of sp³-hybridized carbons (Fsp3) is 0.235. The Balaban J connectivity index is 2.06. The summed E-state index contributed by atoms with van der Waals surface area (Å²) in [4.78, 5) is 23.8. The first-order valence-corrected chi connectivity index (χ1v) is 8.91. The highest BCUT2D eigenvalue weighted by molar-refractivity contribution is 8.00. The summed E-state index contributed by atoms with van der Waals surface area (Å²) in [5.74, 6) is -0.474. The van der Waals surface area contributed by atoms with E-state index in [9.17, 15) is 28.1 Å². The molecule has 0 aliphatic heterocycles. The zero-order chi connectivity index (χ0) is 20.2. The number of benzene rings is 2. The minimum Gasteiger partial charge on any atom is -0.341 e. The maximum atomic E-state index is 12.7. The van der Waals surface area contributed by atoms with Crippen LogP contribution in [0.1, 0.15) is 11.1 Å². The molecule has 0 fully saturated rings. The van der Waals surface area contributed by atoms with Gasteiger partial charge in [-0.1, -0.05) is 23.7 Å². The molecule has 0 spiro atoms. The Morgan fingerprint density at radius 2 is 1.96 bits per heavy atom. The Kier molecular flexibility index (Phi) is 6.72. The van der Waals surface area contributed by atoms with E-state index in [1.807, 2.05) is 0 Å². The molecule has 1 amide bonds. The minimum absolute atomic E-state index is 0.00231. The number of thioether (sulfide) groups is 1. The van der Waals surface area contributed by atoms with Crippen molar-refractivity contribution in [3.63, 3.8) is 0 Å². The summed E-state index contributed by atoms with van der Waals surface area (Å²) in [6, 6.07) is 9.19. The molecule has 0 unspecified atom stereocenters. The molecule has 0 saturated heterocycles. The Morgan fingerprint density at radius 3 is 2.56 bits per heavy atom. The topological polar surface area (TPSA) is 63.5 Å². The number of carbonyl (C=O) groups is 1. The number of rotatable bonds is 6. The van der Waals surface area contributed by atoms with Gasteiger partial charge in [-0.25, -0.2) is 0 Å². The third-order valence-electron chi connectivity index (χ3n) is 3.57.